The van der Waals surface area contributed by atoms with Crippen LogP contribution in [0.2, 0.25) is 0 Å². The van der Waals surface area contributed by atoms with Crippen LogP contribution >= 0.6 is 11.8 Å². The standard InChI is InChI=1S/C20H29N5O2S/c1-3-4-5-10-25-15-21-23-20(25)28-16(2)19(26)22-17-6-8-18(9-7-17)24-11-13-27-14-12-24/h6-9,15-16H,3-5,10-14H2,1-2H3,(H,22,26)/t16-/m0/s1. The summed E-state index contributed by atoms with van der Waals surface area (Å²) in [4.78, 5) is 14.9. The Bertz CT molecular complexity index is 743. The molecule has 2 aromatic rings. The van der Waals surface area contributed by atoms with Gasteiger partial charge in [0.15, 0.2) is 5.16 Å². The molecule has 0 aliphatic carbocycles. The number of aromatic nitrogens is 3. The molecular weight excluding hydrogens is 374 g/mol. The van der Waals surface area contributed by atoms with Crippen LogP contribution in [0, 0.1) is 0 Å². The first kappa shape index (κ1) is 20.7. The number of benzene rings is 1. The maximum Gasteiger partial charge on any atom is 0.237 e. The number of hydrogen-bond donors (Lipinski definition) is 1. The van der Waals surface area contributed by atoms with Crippen molar-refractivity contribution in [2.24, 2.45) is 0 Å². The summed E-state index contributed by atoms with van der Waals surface area (Å²) in [5, 5.41) is 11.7. The highest BCUT2D eigenvalue weighted by molar-refractivity contribution is 8.00. The van der Waals surface area contributed by atoms with Gasteiger partial charge in [-0.3, -0.25) is 4.79 Å². The third kappa shape index (κ3) is 5.72. The van der Waals surface area contributed by atoms with Gasteiger partial charge in [-0.1, -0.05) is 31.5 Å². The monoisotopic (exact) mass is 403 g/mol. The molecule has 152 valence electrons. The van der Waals surface area contributed by atoms with Crippen LogP contribution in [-0.4, -0.2) is 52.2 Å². The van der Waals surface area contributed by atoms with Gasteiger partial charge in [-0.15, -0.1) is 10.2 Å². The quantitative estimate of drug-likeness (QED) is 0.511. The Labute approximate surface area is 170 Å². The van der Waals surface area contributed by atoms with E-state index in [4.69, 9.17) is 4.74 Å². The molecule has 1 saturated heterocycles. The Hall–Kier alpha value is -2.06. The van der Waals surface area contributed by atoms with E-state index in [2.05, 4.69) is 27.3 Å². The molecule has 0 radical (unpaired) electrons. The average molecular weight is 404 g/mol. The molecule has 1 aliphatic heterocycles. The minimum absolute atomic E-state index is 0.0350. The van der Waals surface area contributed by atoms with Crippen molar-refractivity contribution in [3.8, 4) is 0 Å². The normalized spacial score (nSPS) is 15.4. The van der Waals surface area contributed by atoms with Crippen molar-refractivity contribution in [3.05, 3.63) is 30.6 Å². The van der Waals surface area contributed by atoms with Gasteiger partial charge in [-0.2, -0.15) is 0 Å². The second kappa shape index (κ2) is 10.5. The summed E-state index contributed by atoms with van der Waals surface area (Å²) in [5.41, 5.74) is 1.96. The molecule has 2 heterocycles. The fourth-order valence-corrected chi connectivity index (χ4v) is 3.90. The average Bonchev–Trinajstić information content (AvgIpc) is 3.16. The maximum atomic E-state index is 12.6. The van der Waals surface area contributed by atoms with Gasteiger partial charge in [-0.25, -0.2) is 0 Å². The zero-order valence-corrected chi connectivity index (χ0v) is 17.5. The molecule has 7 nitrogen and oxygen atoms in total. The number of thioether (sulfide) groups is 1. The molecule has 8 heteroatoms. The zero-order valence-electron chi connectivity index (χ0n) is 16.6. The van der Waals surface area contributed by atoms with Crippen LogP contribution in [0.3, 0.4) is 0 Å². The Kier molecular flexibility index (Phi) is 7.73. The molecule has 3 rings (SSSR count). The second-order valence-electron chi connectivity index (χ2n) is 6.91. The molecule has 1 fully saturated rings. The van der Waals surface area contributed by atoms with Crippen LogP contribution in [0.15, 0.2) is 35.7 Å². The smallest absolute Gasteiger partial charge is 0.237 e. The number of nitrogens with zero attached hydrogens (tertiary/aromatic N) is 4. The Balaban J connectivity index is 1.52. The fraction of sp³-hybridized carbons (Fsp3) is 0.550. The summed E-state index contributed by atoms with van der Waals surface area (Å²) in [7, 11) is 0. The maximum absolute atomic E-state index is 12.6. The minimum Gasteiger partial charge on any atom is -0.378 e. The highest BCUT2D eigenvalue weighted by Gasteiger charge is 2.18. The van der Waals surface area contributed by atoms with E-state index >= 15 is 0 Å². The molecule has 1 N–H and O–H groups in total. The number of nitrogens with one attached hydrogen (secondary N) is 1. The molecule has 1 aromatic heterocycles. The number of hydrogen-bond acceptors (Lipinski definition) is 6. The molecule has 1 amide bonds. The Morgan fingerprint density at radius 1 is 1.25 bits per heavy atom. The van der Waals surface area contributed by atoms with Gasteiger partial charge in [0.2, 0.25) is 5.91 Å². The highest BCUT2D eigenvalue weighted by atomic mass is 32.2. The Morgan fingerprint density at radius 2 is 2.00 bits per heavy atom. The van der Waals surface area contributed by atoms with E-state index in [1.165, 1.54) is 24.6 Å². The highest BCUT2D eigenvalue weighted by Crippen LogP contribution is 2.24. The van der Waals surface area contributed by atoms with Crippen molar-refractivity contribution in [1.29, 1.82) is 0 Å². The number of aryl methyl sites for hydroxylation is 1. The largest absolute Gasteiger partial charge is 0.378 e. The molecule has 0 saturated carbocycles. The number of amides is 1. The molecule has 28 heavy (non-hydrogen) atoms. The third-order valence-electron chi connectivity index (χ3n) is 4.75. The van der Waals surface area contributed by atoms with Crippen LogP contribution in [0.5, 0.6) is 0 Å². The van der Waals surface area contributed by atoms with Crippen LogP contribution in [0.4, 0.5) is 11.4 Å². The van der Waals surface area contributed by atoms with Gasteiger partial charge in [0, 0.05) is 31.0 Å². The number of unbranched alkanes of at least 4 members (excludes halogenated alkanes) is 2. The number of anilines is 2. The van der Waals surface area contributed by atoms with E-state index in [0.29, 0.717) is 0 Å². The lowest BCUT2D eigenvalue weighted by atomic mass is 10.2. The van der Waals surface area contributed by atoms with E-state index in [1.807, 2.05) is 35.8 Å². The molecular formula is C20H29N5O2S. The summed E-state index contributed by atoms with van der Waals surface area (Å²) in [6.07, 6.45) is 5.19. The van der Waals surface area contributed by atoms with E-state index in [1.54, 1.807) is 6.33 Å². The van der Waals surface area contributed by atoms with Gasteiger partial charge in [0.25, 0.3) is 0 Å². The summed E-state index contributed by atoms with van der Waals surface area (Å²) in [6.45, 7) is 8.29. The van der Waals surface area contributed by atoms with E-state index in [-0.39, 0.29) is 11.2 Å². The summed E-state index contributed by atoms with van der Waals surface area (Å²) >= 11 is 1.44. The molecule has 1 atom stereocenters. The number of carbonyl (C=O) groups excluding carboxylic acids is 1. The van der Waals surface area contributed by atoms with E-state index in [9.17, 15) is 4.79 Å². The van der Waals surface area contributed by atoms with Crippen LogP contribution < -0.4 is 10.2 Å². The topological polar surface area (TPSA) is 72.3 Å². The number of ether oxygens (including phenoxy) is 1. The van der Waals surface area contributed by atoms with E-state index < -0.39 is 0 Å². The van der Waals surface area contributed by atoms with Crippen molar-refractivity contribution in [1.82, 2.24) is 14.8 Å². The van der Waals surface area contributed by atoms with Crippen LogP contribution in [0.1, 0.15) is 33.1 Å². The van der Waals surface area contributed by atoms with E-state index in [0.717, 1.165) is 55.8 Å². The van der Waals surface area contributed by atoms with Gasteiger partial charge >= 0.3 is 0 Å². The predicted octanol–water partition coefficient (Wildman–Crippen LogP) is 3.42. The van der Waals surface area contributed by atoms with Gasteiger partial charge < -0.3 is 19.5 Å². The molecule has 1 aliphatic rings. The number of morpholine rings is 1. The van der Waals surface area contributed by atoms with Gasteiger partial charge in [0.05, 0.1) is 18.5 Å². The lowest BCUT2D eigenvalue weighted by molar-refractivity contribution is -0.115. The Morgan fingerprint density at radius 3 is 2.71 bits per heavy atom. The molecule has 0 unspecified atom stereocenters. The summed E-state index contributed by atoms with van der Waals surface area (Å²) in [5.74, 6) is -0.0350. The van der Waals surface area contributed by atoms with Gasteiger partial charge in [-0.05, 0) is 37.6 Å². The van der Waals surface area contributed by atoms with Crippen molar-refractivity contribution in [3.63, 3.8) is 0 Å². The van der Waals surface area contributed by atoms with Crippen molar-refractivity contribution >= 4 is 29.0 Å². The fourth-order valence-electron chi connectivity index (χ4n) is 3.05. The second-order valence-corrected chi connectivity index (χ2v) is 8.22. The molecule has 1 aromatic carbocycles. The van der Waals surface area contributed by atoms with Crippen molar-refractivity contribution < 1.29 is 9.53 Å². The molecule has 0 spiro atoms. The predicted molar refractivity (Wildman–Crippen MR) is 113 cm³/mol. The SMILES string of the molecule is CCCCCn1cnnc1S[C@@H](C)C(=O)Nc1ccc(N2CCOCC2)cc1. The van der Waals surface area contributed by atoms with Crippen molar-refractivity contribution in [2.45, 2.75) is 50.1 Å². The minimum atomic E-state index is -0.256. The summed E-state index contributed by atoms with van der Waals surface area (Å²) in [6, 6.07) is 7.99. The first-order valence-corrected chi connectivity index (χ1v) is 10.8. The van der Waals surface area contributed by atoms with Crippen molar-refractivity contribution in [2.75, 3.05) is 36.5 Å². The molecule has 0 bridgehead atoms. The first-order valence-electron chi connectivity index (χ1n) is 9.95. The number of carbonyl (C=O) groups is 1. The lowest BCUT2D eigenvalue weighted by Gasteiger charge is -2.28. The zero-order chi connectivity index (χ0) is 19.8. The summed E-state index contributed by atoms with van der Waals surface area (Å²) < 4.78 is 7.42. The van der Waals surface area contributed by atoms with Crippen LogP contribution in [-0.2, 0) is 16.1 Å². The third-order valence-corrected chi connectivity index (χ3v) is 5.84. The first-order chi connectivity index (χ1) is 13.7. The van der Waals surface area contributed by atoms with Crippen LogP contribution in [0.25, 0.3) is 0 Å². The number of rotatable bonds is 9. The van der Waals surface area contributed by atoms with Gasteiger partial charge in [0.1, 0.15) is 6.33 Å². The lowest BCUT2D eigenvalue weighted by Crippen LogP contribution is -2.36.